The van der Waals surface area contributed by atoms with E-state index >= 15 is 0 Å². The van der Waals surface area contributed by atoms with Crippen molar-refractivity contribution in [2.75, 3.05) is 24.9 Å². The third kappa shape index (κ3) is 4.46. The van der Waals surface area contributed by atoms with Crippen LogP contribution in [0.5, 0.6) is 11.5 Å². The third-order valence-corrected chi connectivity index (χ3v) is 3.76. The Bertz CT molecular complexity index is 911. The maximum atomic E-state index is 12.4. The molecule has 1 heterocycles. The summed E-state index contributed by atoms with van der Waals surface area (Å²) in [5.41, 5.74) is 1.54. The predicted molar refractivity (Wildman–Crippen MR) is 101 cm³/mol. The number of anilines is 2. The van der Waals surface area contributed by atoms with E-state index in [0.29, 0.717) is 28.4 Å². The van der Waals surface area contributed by atoms with E-state index in [-0.39, 0.29) is 17.6 Å². The van der Waals surface area contributed by atoms with Crippen LogP contribution in [0.3, 0.4) is 0 Å². The lowest BCUT2D eigenvalue weighted by molar-refractivity contribution is 0.0995. The van der Waals surface area contributed by atoms with Gasteiger partial charge in [-0.05, 0) is 36.4 Å². The molecule has 0 aliphatic heterocycles. The minimum absolute atomic E-state index is 0.212. The second-order valence-corrected chi connectivity index (χ2v) is 5.56. The molecule has 0 saturated carbocycles. The minimum Gasteiger partial charge on any atom is -0.497 e. The average Bonchev–Trinajstić information content (AvgIpc) is 3.23. The number of nitrogens with one attached hydrogen (secondary N) is 2. The standard InChI is InChI=1S/C20H18N2O5/c1-25-16-10-15(11-17(12-16)26-2)22-19(23)13-5-7-14(8-6-13)21-20(24)18-4-3-9-27-18/h3-12H,1-2H3,(H,21,24)(H,22,23). The van der Waals surface area contributed by atoms with Gasteiger partial charge >= 0.3 is 0 Å². The number of carbonyl (C=O) groups is 2. The number of ether oxygens (including phenoxy) is 2. The fourth-order valence-electron chi connectivity index (χ4n) is 2.39. The summed E-state index contributed by atoms with van der Waals surface area (Å²) in [6.07, 6.45) is 1.43. The van der Waals surface area contributed by atoms with Crippen LogP contribution in [0.1, 0.15) is 20.9 Å². The quantitative estimate of drug-likeness (QED) is 0.692. The summed E-state index contributed by atoms with van der Waals surface area (Å²) in [4.78, 5) is 24.4. The molecule has 0 bridgehead atoms. The molecular weight excluding hydrogens is 348 g/mol. The zero-order valence-corrected chi connectivity index (χ0v) is 14.8. The lowest BCUT2D eigenvalue weighted by Crippen LogP contribution is -2.13. The highest BCUT2D eigenvalue weighted by molar-refractivity contribution is 6.05. The summed E-state index contributed by atoms with van der Waals surface area (Å²) in [5, 5.41) is 5.48. The zero-order valence-electron chi connectivity index (χ0n) is 14.8. The van der Waals surface area contributed by atoms with Gasteiger partial charge in [0, 0.05) is 35.1 Å². The molecule has 0 unspecified atom stereocenters. The van der Waals surface area contributed by atoms with E-state index in [0.717, 1.165) is 0 Å². The van der Waals surface area contributed by atoms with E-state index in [1.54, 1.807) is 54.6 Å². The minimum atomic E-state index is -0.360. The van der Waals surface area contributed by atoms with Gasteiger partial charge in [-0.2, -0.15) is 0 Å². The Morgan fingerprint density at radius 3 is 2.00 bits per heavy atom. The Hall–Kier alpha value is -3.74. The molecule has 0 atom stereocenters. The lowest BCUT2D eigenvalue weighted by atomic mass is 10.2. The summed E-state index contributed by atoms with van der Waals surface area (Å²) < 4.78 is 15.4. The zero-order chi connectivity index (χ0) is 19.2. The highest BCUT2D eigenvalue weighted by atomic mass is 16.5. The lowest BCUT2D eigenvalue weighted by Gasteiger charge is -2.10. The normalized spacial score (nSPS) is 10.1. The Morgan fingerprint density at radius 1 is 0.815 bits per heavy atom. The van der Waals surface area contributed by atoms with Crippen LogP contribution in [0.25, 0.3) is 0 Å². The van der Waals surface area contributed by atoms with E-state index < -0.39 is 0 Å². The van der Waals surface area contributed by atoms with Gasteiger partial charge in [0.25, 0.3) is 11.8 Å². The van der Waals surface area contributed by atoms with E-state index in [2.05, 4.69) is 10.6 Å². The van der Waals surface area contributed by atoms with Gasteiger partial charge in [-0.15, -0.1) is 0 Å². The van der Waals surface area contributed by atoms with Crippen molar-refractivity contribution in [1.29, 1.82) is 0 Å². The SMILES string of the molecule is COc1cc(NC(=O)c2ccc(NC(=O)c3ccco3)cc2)cc(OC)c1. The van der Waals surface area contributed by atoms with Crippen molar-refractivity contribution in [3.05, 3.63) is 72.2 Å². The molecule has 27 heavy (non-hydrogen) atoms. The van der Waals surface area contributed by atoms with Crippen molar-refractivity contribution in [3.63, 3.8) is 0 Å². The van der Waals surface area contributed by atoms with Gasteiger partial charge in [0.15, 0.2) is 5.76 Å². The number of methoxy groups -OCH3 is 2. The molecule has 3 rings (SSSR count). The Balaban J connectivity index is 1.68. The molecule has 0 saturated heterocycles. The first-order valence-electron chi connectivity index (χ1n) is 8.08. The number of hydrogen-bond acceptors (Lipinski definition) is 5. The number of hydrogen-bond donors (Lipinski definition) is 2. The molecular formula is C20H18N2O5. The Labute approximate surface area is 155 Å². The van der Waals surface area contributed by atoms with Gasteiger partial charge in [0.2, 0.25) is 0 Å². The topological polar surface area (TPSA) is 89.8 Å². The van der Waals surface area contributed by atoms with Crippen molar-refractivity contribution < 1.29 is 23.5 Å². The summed E-state index contributed by atoms with van der Waals surface area (Å²) in [7, 11) is 3.08. The molecule has 0 spiro atoms. The highest BCUT2D eigenvalue weighted by Crippen LogP contribution is 2.26. The van der Waals surface area contributed by atoms with Crippen molar-refractivity contribution in [2.24, 2.45) is 0 Å². The Morgan fingerprint density at radius 2 is 1.44 bits per heavy atom. The fraction of sp³-hybridized carbons (Fsp3) is 0.100. The van der Waals surface area contributed by atoms with Crippen molar-refractivity contribution >= 4 is 23.2 Å². The molecule has 0 fully saturated rings. The van der Waals surface area contributed by atoms with Gasteiger partial charge in [-0.1, -0.05) is 0 Å². The third-order valence-electron chi connectivity index (χ3n) is 3.76. The Kier molecular flexibility index (Phi) is 5.41. The first-order valence-corrected chi connectivity index (χ1v) is 8.08. The van der Waals surface area contributed by atoms with E-state index in [9.17, 15) is 9.59 Å². The summed E-state index contributed by atoms with van der Waals surface area (Å²) in [5.74, 6) is 0.694. The second kappa shape index (κ2) is 8.09. The van der Waals surface area contributed by atoms with Gasteiger partial charge in [-0.3, -0.25) is 9.59 Å². The van der Waals surface area contributed by atoms with Crippen molar-refractivity contribution in [3.8, 4) is 11.5 Å². The maximum absolute atomic E-state index is 12.4. The van der Waals surface area contributed by atoms with Crippen LogP contribution < -0.4 is 20.1 Å². The van der Waals surface area contributed by atoms with Gasteiger partial charge < -0.3 is 24.5 Å². The molecule has 2 amide bonds. The average molecular weight is 366 g/mol. The largest absolute Gasteiger partial charge is 0.497 e. The second-order valence-electron chi connectivity index (χ2n) is 5.56. The van der Waals surface area contributed by atoms with Gasteiger partial charge in [0.1, 0.15) is 11.5 Å². The first-order chi connectivity index (χ1) is 13.1. The van der Waals surface area contributed by atoms with Crippen LogP contribution in [0.15, 0.2) is 65.3 Å². The molecule has 138 valence electrons. The molecule has 0 radical (unpaired) electrons. The fourth-order valence-corrected chi connectivity index (χ4v) is 2.39. The molecule has 2 aromatic carbocycles. The smallest absolute Gasteiger partial charge is 0.291 e. The number of furan rings is 1. The number of carbonyl (C=O) groups excluding carboxylic acids is 2. The molecule has 0 aliphatic carbocycles. The predicted octanol–water partition coefficient (Wildman–Crippen LogP) is 3.80. The van der Waals surface area contributed by atoms with Crippen molar-refractivity contribution in [2.45, 2.75) is 0 Å². The first kappa shape index (κ1) is 18.1. The monoisotopic (exact) mass is 366 g/mol. The van der Waals surface area contributed by atoms with Crippen LogP contribution in [-0.2, 0) is 0 Å². The summed E-state index contributed by atoms with van der Waals surface area (Å²) in [6, 6.07) is 14.8. The van der Waals surface area contributed by atoms with Crippen LogP contribution in [0.2, 0.25) is 0 Å². The number of rotatable bonds is 6. The molecule has 1 aromatic heterocycles. The molecule has 7 nitrogen and oxygen atoms in total. The molecule has 3 aromatic rings. The van der Waals surface area contributed by atoms with E-state index in [4.69, 9.17) is 13.9 Å². The number of benzene rings is 2. The van der Waals surface area contributed by atoms with Crippen LogP contribution >= 0.6 is 0 Å². The molecule has 0 aliphatic rings. The van der Waals surface area contributed by atoms with E-state index in [1.165, 1.54) is 20.5 Å². The summed E-state index contributed by atoms with van der Waals surface area (Å²) >= 11 is 0. The van der Waals surface area contributed by atoms with Crippen LogP contribution in [0, 0.1) is 0 Å². The van der Waals surface area contributed by atoms with Crippen molar-refractivity contribution in [1.82, 2.24) is 0 Å². The maximum Gasteiger partial charge on any atom is 0.291 e. The summed E-state index contributed by atoms with van der Waals surface area (Å²) in [6.45, 7) is 0. The van der Waals surface area contributed by atoms with Crippen LogP contribution in [-0.4, -0.2) is 26.0 Å². The highest BCUT2D eigenvalue weighted by Gasteiger charge is 2.11. The number of amides is 2. The van der Waals surface area contributed by atoms with E-state index in [1.807, 2.05) is 0 Å². The van der Waals surface area contributed by atoms with Gasteiger partial charge in [-0.25, -0.2) is 0 Å². The molecule has 2 N–H and O–H groups in total. The van der Waals surface area contributed by atoms with Gasteiger partial charge in [0.05, 0.1) is 20.5 Å². The molecule has 7 heteroatoms. The van der Waals surface area contributed by atoms with Crippen LogP contribution in [0.4, 0.5) is 11.4 Å².